The van der Waals surface area contributed by atoms with Crippen LogP contribution in [-0.4, -0.2) is 68.5 Å². The molecule has 0 rings (SSSR count). The number of aliphatic hydroxyl groups excluding tert-OH is 1. The molecule has 9 heteroatoms. The van der Waals surface area contributed by atoms with Gasteiger partial charge >= 0.3 is 0 Å². The van der Waals surface area contributed by atoms with Gasteiger partial charge in [0.1, 0.15) is 13.2 Å². The Morgan fingerprint density at radius 3 is 1.36 bits per heavy atom. The van der Waals surface area contributed by atoms with Crippen LogP contribution in [0.3, 0.4) is 0 Å². The summed E-state index contributed by atoms with van der Waals surface area (Å²) in [5.74, 6) is -0.194. The van der Waals surface area contributed by atoms with Crippen LogP contribution in [0, 0.1) is 0 Å². The molecule has 0 aromatic rings. The van der Waals surface area contributed by atoms with Crippen molar-refractivity contribution in [2.45, 2.75) is 238 Å². The maximum absolute atomic E-state index is 12.9. The van der Waals surface area contributed by atoms with Gasteiger partial charge in [-0.2, -0.15) is 0 Å². The van der Waals surface area contributed by atoms with Gasteiger partial charge in [0, 0.05) is 6.42 Å². The van der Waals surface area contributed by atoms with E-state index < -0.39 is 20.0 Å². The molecule has 0 radical (unpaired) electrons. The standard InChI is InChI=1S/C46H93N2O6P/c1-6-8-10-12-14-16-18-20-22-23-24-25-26-28-30-32-34-36-38-40-46(50)47-44(43-54-55(51,52)53-42-41-48(3,4)5)45(49)39-37-35-33-31-29-27-21-19-17-15-13-11-9-7-2/h37,39,44-45,49H,6-36,38,40-43H2,1-5H3,(H-,47,50,51,52)/b39-37+/t44-,45+/m0/s1. The Labute approximate surface area is 342 Å². The second-order valence-corrected chi connectivity index (χ2v) is 18.9. The summed E-state index contributed by atoms with van der Waals surface area (Å²) >= 11 is 0. The molecule has 1 unspecified atom stereocenters. The van der Waals surface area contributed by atoms with Gasteiger partial charge in [-0.1, -0.05) is 212 Å². The number of amides is 1. The lowest BCUT2D eigenvalue weighted by Crippen LogP contribution is -2.45. The Morgan fingerprint density at radius 1 is 0.618 bits per heavy atom. The lowest BCUT2D eigenvalue weighted by atomic mass is 10.0. The van der Waals surface area contributed by atoms with Gasteiger partial charge < -0.3 is 28.8 Å². The van der Waals surface area contributed by atoms with E-state index in [1.807, 2.05) is 27.2 Å². The first-order valence-electron chi connectivity index (χ1n) is 23.6. The van der Waals surface area contributed by atoms with Crippen molar-refractivity contribution in [3.63, 3.8) is 0 Å². The fourth-order valence-electron chi connectivity index (χ4n) is 6.98. The fraction of sp³-hybridized carbons (Fsp3) is 0.935. The van der Waals surface area contributed by atoms with E-state index in [0.29, 0.717) is 17.4 Å². The smallest absolute Gasteiger partial charge is 0.268 e. The molecular weight excluding hydrogens is 707 g/mol. The Bertz CT molecular complexity index is 911. The highest BCUT2D eigenvalue weighted by molar-refractivity contribution is 7.45. The second kappa shape index (κ2) is 38.7. The van der Waals surface area contributed by atoms with Crippen molar-refractivity contribution in [2.75, 3.05) is 40.9 Å². The summed E-state index contributed by atoms with van der Waals surface area (Å²) in [5, 5.41) is 13.8. The molecule has 0 bridgehead atoms. The molecule has 0 heterocycles. The van der Waals surface area contributed by atoms with Crippen LogP contribution in [0.2, 0.25) is 0 Å². The van der Waals surface area contributed by atoms with Crippen molar-refractivity contribution in [2.24, 2.45) is 0 Å². The van der Waals surface area contributed by atoms with E-state index in [4.69, 9.17) is 9.05 Å². The van der Waals surface area contributed by atoms with E-state index in [-0.39, 0.29) is 19.1 Å². The number of likely N-dealkylation sites (N-methyl/N-ethyl adjacent to an activating group) is 1. The molecule has 0 aliphatic rings. The van der Waals surface area contributed by atoms with Crippen molar-refractivity contribution in [1.29, 1.82) is 0 Å². The molecular formula is C46H93N2O6P. The second-order valence-electron chi connectivity index (χ2n) is 17.5. The summed E-state index contributed by atoms with van der Waals surface area (Å²) in [6, 6.07) is -0.879. The van der Waals surface area contributed by atoms with Gasteiger partial charge in [0.15, 0.2) is 0 Å². The molecule has 328 valence electrons. The van der Waals surface area contributed by atoms with Gasteiger partial charge in [0.05, 0.1) is 39.9 Å². The van der Waals surface area contributed by atoms with Gasteiger partial charge in [0.2, 0.25) is 5.91 Å². The molecule has 2 N–H and O–H groups in total. The molecule has 0 fully saturated rings. The average Bonchev–Trinajstić information content (AvgIpc) is 3.13. The topological polar surface area (TPSA) is 108 Å². The first-order valence-corrected chi connectivity index (χ1v) is 25.0. The van der Waals surface area contributed by atoms with Crippen LogP contribution in [0.1, 0.15) is 226 Å². The van der Waals surface area contributed by atoms with Gasteiger partial charge in [0.25, 0.3) is 7.82 Å². The third-order valence-electron chi connectivity index (χ3n) is 10.7. The van der Waals surface area contributed by atoms with Gasteiger partial charge in [-0.25, -0.2) is 0 Å². The van der Waals surface area contributed by atoms with Crippen LogP contribution >= 0.6 is 7.82 Å². The van der Waals surface area contributed by atoms with Crippen LogP contribution in [-0.2, 0) is 18.4 Å². The third kappa shape index (κ3) is 41.2. The minimum absolute atomic E-state index is 0.00219. The van der Waals surface area contributed by atoms with Crippen molar-refractivity contribution in [3.05, 3.63) is 12.2 Å². The fourth-order valence-corrected chi connectivity index (χ4v) is 7.70. The number of nitrogens with one attached hydrogen (secondary N) is 1. The zero-order valence-corrected chi connectivity index (χ0v) is 38.0. The van der Waals surface area contributed by atoms with Gasteiger partial charge in [-0.05, 0) is 19.3 Å². The monoisotopic (exact) mass is 801 g/mol. The molecule has 3 atom stereocenters. The molecule has 0 aromatic carbocycles. The van der Waals surface area contributed by atoms with E-state index in [2.05, 4.69) is 19.2 Å². The van der Waals surface area contributed by atoms with E-state index >= 15 is 0 Å². The minimum atomic E-state index is -4.58. The van der Waals surface area contributed by atoms with E-state index in [1.165, 1.54) is 167 Å². The van der Waals surface area contributed by atoms with Crippen LogP contribution in [0.15, 0.2) is 12.2 Å². The number of phosphoric ester groups is 1. The molecule has 0 spiro atoms. The molecule has 55 heavy (non-hydrogen) atoms. The largest absolute Gasteiger partial charge is 0.756 e. The average molecular weight is 801 g/mol. The Balaban J connectivity index is 4.32. The van der Waals surface area contributed by atoms with Crippen molar-refractivity contribution >= 4 is 13.7 Å². The summed E-state index contributed by atoms with van der Waals surface area (Å²) in [4.78, 5) is 25.3. The highest BCUT2D eigenvalue weighted by Gasteiger charge is 2.23. The van der Waals surface area contributed by atoms with Crippen molar-refractivity contribution < 1.29 is 32.9 Å². The number of carbonyl (C=O) groups is 1. The molecule has 1 amide bonds. The molecule has 0 aliphatic carbocycles. The van der Waals surface area contributed by atoms with Gasteiger partial charge in [-0.15, -0.1) is 0 Å². The summed E-state index contributed by atoms with van der Waals surface area (Å²) in [7, 11) is 1.27. The molecule has 8 nitrogen and oxygen atoms in total. The number of aliphatic hydroxyl groups is 1. The number of carbonyl (C=O) groups excluding carboxylic acids is 1. The number of unbranched alkanes of at least 4 members (excludes halogenated alkanes) is 30. The Morgan fingerprint density at radius 2 is 0.982 bits per heavy atom. The quantitative estimate of drug-likeness (QED) is 0.0275. The number of phosphoric acid groups is 1. The maximum atomic E-state index is 12.9. The Kier molecular flexibility index (Phi) is 38.2. The molecule has 0 aromatic heterocycles. The summed E-state index contributed by atoms with van der Waals surface area (Å²) in [6.07, 6.45) is 44.0. The van der Waals surface area contributed by atoms with Crippen LogP contribution in [0.5, 0.6) is 0 Å². The number of rotatable bonds is 43. The Hall–Kier alpha value is -0.760. The minimum Gasteiger partial charge on any atom is -0.756 e. The number of hydrogen-bond acceptors (Lipinski definition) is 6. The van der Waals surface area contributed by atoms with E-state index in [9.17, 15) is 19.4 Å². The SMILES string of the molecule is CCCCCCCCCCCCCC/C=C/[C@@H](O)[C@H](COP(=O)([O-])OCC[N+](C)(C)C)NC(=O)CCCCCCCCCCCCCCCCCCCCC. The summed E-state index contributed by atoms with van der Waals surface area (Å²) < 4.78 is 23.2. The van der Waals surface area contributed by atoms with Crippen molar-refractivity contribution in [3.8, 4) is 0 Å². The molecule has 0 saturated heterocycles. The lowest BCUT2D eigenvalue weighted by Gasteiger charge is -2.29. The summed E-state index contributed by atoms with van der Waals surface area (Å²) in [5.41, 5.74) is 0. The van der Waals surface area contributed by atoms with Gasteiger partial charge in [-0.3, -0.25) is 9.36 Å². The predicted molar refractivity (Wildman–Crippen MR) is 233 cm³/mol. The highest BCUT2D eigenvalue weighted by atomic mass is 31.2. The zero-order chi connectivity index (χ0) is 40.7. The normalized spacial score (nSPS) is 14.4. The number of hydrogen-bond donors (Lipinski definition) is 2. The third-order valence-corrected chi connectivity index (χ3v) is 11.7. The number of allylic oxidation sites excluding steroid dienone is 1. The highest BCUT2D eigenvalue weighted by Crippen LogP contribution is 2.38. The first kappa shape index (κ1) is 54.2. The maximum Gasteiger partial charge on any atom is 0.268 e. The number of nitrogens with zero attached hydrogens (tertiary/aromatic N) is 1. The zero-order valence-electron chi connectivity index (χ0n) is 37.1. The van der Waals surface area contributed by atoms with Crippen LogP contribution < -0.4 is 10.2 Å². The molecule has 0 aliphatic heterocycles. The predicted octanol–water partition coefficient (Wildman–Crippen LogP) is 12.5. The first-order chi connectivity index (χ1) is 26.5. The van der Waals surface area contributed by atoms with Crippen LogP contribution in [0.4, 0.5) is 0 Å². The van der Waals surface area contributed by atoms with Crippen LogP contribution in [0.25, 0.3) is 0 Å². The van der Waals surface area contributed by atoms with Crippen molar-refractivity contribution in [1.82, 2.24) is 5.32 Å². The van der Waals surface area contributed by atoms with E-state index in [0.717, 1.165) is 38.5 Å². The molecule has 0 saturated carbocycles. The summed E-state index contributed by atoms with van der Waals surface area (Å²) in [6.45, 7) is 4.67. The lowest BCUT2D eigenvalue weighted by molar-refractivity contribution is -0.870. The number of quaternary nitrogens is 1. The van der Waals surface area contributed by atoms with E-state index in [1.54, 1.807) is 6.08 Å².